The fourth-order valence-corrected chi connectivity index (χ4v) is 3.89. The third kappa shape index (κ3) is 4.66. The van der Waals surface area contributed by atoms with Crippen molar-refractivity contribution < 1.29 is 9.18 Å². The highest BCUT2D eigenvalue weighted by atomic mass is 19.1. The summed E-state index contributed by atoms with van der Waals surface area (Å²) in [6.45, 7) is 3.41. The Morgan fingerprint density at radius 2 is 1.77 bits per heavy atom. The molecule has 2 aromatic carbocycles. The van der Waals surface area contributed by atoms with Gasteiger partial charge < -0.3 is 10.2 Å². The molecule has 1 aliphatic rings. The largest absolute Gasteiger partial charge is 0.355 e. The molecule has 1 N–H and O–H groups in total. The first-order valence-corrected chi connectivity index (χ1v) is 10.5. The van der Waals surface area contributed by atoms with Gasteiger partial charge >= 0.3 is 0 Å². The number of nitrogens with zero attached hydrogens (tertiary/aromatic N) is 3. The molecule has 0 bridgehead atoms. The second-order valence-corrected chi connectivity index (χ2v) is 7.68. The van der Waals surface area contributed by atoms with Gasteiger partial charge in [0.1, 0.15) is 11.6 Å². The van der Waals surface area contributed by atoms with E-state index in [0.29, 0.717) is 37.4 Å². The quantitative estimate of drug-likeness (QED) is 0.682. The second-order valence-electron chi connectivity index (χ2n) is 7.68. The number of amides is 1. The van der Waals surface area contributed by atoms with E-state index in [1.165, 1.54) is 35.0 Å². The van der Waals surface area contributed by atoms with Gasteiger partial charge in [-0.1, -0.05) is 25.1 Å². The molecule has 31 heavy (non-hydrogen) atoms. The zero-order valence-electron chi connectivity index (χ0n) is 17.4. The number of carbonyl (C=O) groups excluding carboxylic acids is 1. The van der Waals surface area contributed by atoms with Crippen molar-refractivity contribution in [2.75, 3.05) is 23.3 Å². The third-order valence-electron chi connectivity index (χ3n) is 5.70. The van der Waals surface area contributed by atoms with Crippen LogP contribution in [0.4, 0.5) is 15.9 Å². The van der Waals surface area contributed by atoms with Gasteiger partial charge in [0.05, 0.1) is 5.69 Å². The van der Waals surface area contributed by atoms with Crippen molar-refractivity contribution in [2.45, 2.75) is 26.2 Å². The Bertz CT molecular complexity index is 1120. The number of para-hydroxylation sites is 1. The lowest BCUT2D eigenvalue weighted by Crippen LogP contribution is -2.39. The molecule has 0 unspecified atom stereocenters. The van der Waals surface area contributed by atoms with Gasteiger partial charge in [-0.15, -0.1) is 5.10 Å². The van der Waals surface area contributed by atoms with E-state index < -0.39 is 0 Å². The molecular formula is C24H25FN4O2. The minimum Gasteiger partial charge on any atom is -0.355 e. The molecule has 3 aromatic rings. The standard InChI is InChI=1S/C24H25FN4O2/c1-2-17-5-3-4-6-21(17)26-24(31)18-13-15-28(16-14-18)22-11-12-23(30)29(27-22)20-9-7-19(25)8-10-20/h3-12,18H,2,13-16H2,1H3,(H,26,31). The zero-order chi connectivity index (χ0) is 21.8. The Labute approximate surface area is 180 Å². The maximum absolute atomic E-state index is 13.2. The van der Waals surface area contributed by atoms with E-state index in [4.69, 9.17) is 0 Å². The topological polar surface area (TPSA) is 67.2 Å². The Kier molecular flexibility index (Phi) is 6.11. The van der Waals surface area contributed by atoms with E-state index in [2.05, 4.69) is 22.2 Å². The maximum atomic E-state index is 13.2. The van der Waals surface area contributed by atoms with Gasteiger partial charge in [0.15, 0.2) is 0 Å². The molecular weight excluding hydrogens is 395 g/mol. The highest BCUT2D eigenvalue weighted by Gasteiger charge is 2.26. The van der Waals surface area contributed by atoms with Crippen molar-refractivity contribution in [1.82, 2.24) is 9.78 Å². The summed E-state index contributed by atoms with van der Waals surface area (Å²) in [4.78, 5) is 27.1. The smallest absolute Gasteiger partial charge is 0.271 e. The molecule has 4 rings (SSSR count). The van der Waals surface area contributed by atoms with Crippen LogP contribution in [0, 0.1) is 11.7 Å². The van der Waals surface area contributed by atoms with Crippen molar-refractivity contribution in [1.29, 1.82) is 0 Å². The van der Waals surface area contributed by atoms with E-state index in [-0.39, 0.29) is 23.2 Å². The lowest BCUT2D eigenvalue weighted by atomic mass is 9.95. The van der Waals surface area contributed by atoms with Crippen LogP contribution in [-0.4, -0.2) is 28.8 Å². The Morgan fingerprint density at radius 1 is 1.06 bits per heavy atom. The summed E-state index contributed by atoms with van der Waals surface area (Å²) < 4.78 is 14.5. The van der Waals surface area contributed by atoms with Gasteiger partial charge in [-0.2, -0.15) is 4.68 Å². The number of hydrogen-bond donors (Lipinski definition) is 1. The number of piperidine rings is 1. The molecule has 0 saturated carbocycles. The summed E-state index contributed by atoms with van der Waals surface area (Å²) in [5.74, 6) is 0.280. The zero-order valence-corrected chi connectivity index (χ0v) is 17.4. The Balaban J connectivity index is 1.43. The van der Waals surface area contributed by atoms with Crippen LogP contribution in [0.25, 0.3) is 5.69 Å². The van der Waals surface area contributed by atoms with Crippen LogP contribution in [-0.2, 0) is 11.2 Å². The molecule has 6 nitrogen and oxygen atoms in total. The molecule has 7 heteroatoms. The number of aromatic nitrogens is 2. The maximum Gasteiger partial charge on any atom is 0.271 e. The molecule has 1 aliphatic heterocycles. The number of hydrogen-bond acceptors (Lipinski definition) is 4. The number of rotatable bonds is 5. The summed E-state index contributed by atoms with van der Waals surface area (Å²) in [6, 6.07) is 16.7. The Hall–Kier alpha value is -3.48. The monoisotopic (exact) mass is 420 g/mol. The first-order valence-electron chi connectivity index (χ1n) is 10.5. The van der Waals surface area contributed by atoms with Crippen LogP contribution in [0.5, 0.6) is 0 Å². The number of aryl methyl sites for hydroxylation is 1. The molecule has 0 radical (unpaired) electrons. The summed E-state index contributed by atoms with van der Waals surface area (Å²) in [5, 5.41) is 7.54. The summed E-state index contributed by atoms with van der Waals surface area (Å²) in [7, 11) is 0. The molecule has 0 spiro atoms. The minimum absolute atomic E-state index is 0.0461. The number of anilines is 2. The van der Waals surface area contributed by atoms with E-state index in [1.54, 1.807) is 6.07 Å². The van der Waals surface area contributed by atoms with Gasteiger partial charge in [0, 0.05) is 30.8 Å². The highest BCUT2D eigenvalue weighted by Crippen LogP contribution is 2.24. The predicted molar refractivity (Wildman–Crippen MR) is 119 cm³/mol. The Morgan fingerprint density at radius 3 is 2.48 bits per heavy atom. The highest BCUT2D eigenvalue weighted by molar-refractivity contribution is 5.93. The SMILES string of the molecule is CCc1ccccc1NC(=O)C1CCN(c2ccc(=O)n(-c3ccc(F)cc3)n2)CC1. The molecule has 1 fully saturated rings. The lowest BCUT2D eigenvalue weighted by Gasteiger charge is -2.32. The van der Waals surface area contributed by atoms with Gasteiger partial charge in [-0.3, -0.25) is 9.59 Å². The van der Waals surface area contributed by atoms with Crippen molar-refractivity contribution >= 4 is 17.4 Å². The number of benzene rings is 2. The fourth-order valence-electron chi connectivity index (χ4n) is 3.89. The predicted octanol–water partition coefficient (Wildman–Crippen LogP) is 3.79. The average molecular weight is 420 g/mol. The minimum atomic E-state index is -0.366. The third-order valence-corrected chi connectivity index (χ3v) is 5.70. The molecule has 2 heterocycles. The molecule has 1 aromatic heterocycles. The summed E-state index contributed by atoms with van der Waals surface area (Å²) in [5.41, 5.74) is 2.24. The summed E-state index contributed by atoms with van der Waals surface area (Å²) in [6.07, 6.45) is 2.28. The van der Waals surface area contributed by atoms with Gasteiger partial charge in [-0.25, -0.2) is 4.39 Å². The number of carbonyl (C=O) groups is 1. The van der Waals surface area contributed by atoms with Gasteiger partial charge in [0.2, 0.25) is 5.91 Å². The molecule has 0 aliphatic carbocycles. The van der Waals surface area contributed by atoms with Crippen LogP contribution in [0.3, 0.4) is 0 Å². The lowest BCUT2D eigenvalue weighted by molar-refractivity contribution is -0.120. The van der Waals surface area contributed by atoms with Crippen molar-refractivity contribution in [3.8, 4) is 5.69 Å². The van der Waals surface area contributed by atoms with Crippen LogP contribution in [0.1, 0.15) is 25.3 Å². The van der Waals surface area contributed by atoms with E-state index in [9.17, 15) is 14.0 Å². The average Bonchev–Trinajstić information content (AvgIpc) is 2.80. The van der Waals surface area contributed by atoms with E-state index in [1.807, 2.05) is 24.3 Å². The molecule has 0 atom stereocenters. The van der Waals surface area contributed by atoms with Crippen LogP contribution in [0.15, 0.2) is 65.5 Å². The van der Waals surface area contributed by atoms with E-state index in [0.717, 1.165) is 17.7 Å². The number of nitrogens with one attached hydrogen (secondary N) is 1. The first-order chi connectivity index (χ1) is 15.0. The molecule has 1 saturated heterocycles. The van der Waals surface area contributed by atoms with Crippen molar-refractivity contribution in [3.05, 3.63) is 82.4 Å². The van der Waals surface area contributed by atoms with Crippen LogP contribution >= 0.6 is 0 Å². The van der Waals surface area contributed by atoms with Gasteiger partial charge in [-0.05, 0) is 61.2 Å². The van der Waals surface area contributed by atoms with Crippen LogP contribution in [0.2, 0.25) is 0 Å². The number of halogens is 1. The normalized spacial score (nSPS) is 14.5. The molecule has 1 amide bonds. The van der Waals surface area contributed by atoms with Gasteiger partial charge in [0.25, 0.3) is 5.56 Å². The summed E-state index contributed by atoms with van der Waals surface area (Å²) >= 11 is 0. The van der Waals surface area contributed by atoms with Crippen molar-refractivity contribution in [3.63, 3.8) is 0 Å². The first kappa shape index (κ1) is 20.8. The molecule has 160 valence electrons. The van der Waals surface area contributed by atoms with Crippen molar-refractivity contribution in [2.24, 2.45) is 5.92 Å². The van der Waals surface area contributed by atoms with E-state index >= 15 is 0 Å². The van der Waals surface area contributed by atoms with Crippen LogP contribution < -0.4 is 15.8 Å². The second kappa shape index (κ2) is 9.12. The fraction of sp³-hybridized carbons (Fsp3) is 0.292.